The van der Waals surface area contributed by atoms with Gasteiger partial charge in [-0.1, -0.05) is 72.8 Å². The molecule has 0 saturated heterocycles. The van der Waals surface area contributed by atoms with Crippen molar-refractivity contribution in [3.05, 3.63) is 84.9 Å². The molecule has 0 fully saturated rings. The molecule has 3 aromatic rings. The van der Waals surface area contributed by atoms with Crippen molar-refractivity contribution in [1.82, 2.24) is 0 Å². The first-order valence-electron chi connectivity index (χ1n) is 7.22. The fraction of sp³-hybridized carbons (Fsp3) is 0. The van der Waals surface area contributed by atoms with E-state index in [1.165, 1.54) is 18.2 Å². The standard InChI is InChI=1S/C18H15O4PS/c19-23(15-9-3-1-4-10-15,16-11-5-2-6-12-16)17-13-7-8-14-18(17)24(20,21)22/h1-14H,(H,20,21,22). The summed E-state index contributed by atoms with van der Waals surface area (Å²) in [5, 5.41) is 1.12. The summed E-state index contributed by atoms with van der Waals surface area (Å²) in [6, 6.07) is 23.3. The Bertz CT molecular complexity index is 956. The minimum absolute atomic E-state index is 0.102. The van der Waals surface area contributed by atoms with Gasteiger partial charge in [0.25, 0.3) is 10.1 Å². The SMILES string of the molecule is O=P(c1ccccc1)(c1ccccc1)c1ccccc1S(=O)(=O)O. The van der Waals surface area contributed by atoms with Crippen LogP contribution in [0.5, 0.6) is 0 Å². The quantitative estimate of drug-likeness (QED) is 0.575. The van der Waals surface area contributed by atoms with Crippen molar-refractivity contribution >= 4 is 33.2 Å². The lowest BCUT2D eigenvalue weighted by molar-refractivity contribution is 0.483. The topological polar surface area (TPSA) is 71.4 Å². The van der Waals surface area contributed by atoms with Gasteiger partial charge in [-0.15, -0.1) is 0 Å². The van der Waals surface area contributed by atoms with E-state index in [2.05, 4.69) is 0 Å². The van der Waals surface area contributed by atoms with Crippen molar-refractivity contribution in [2.75, 3.05) is 0 Å². The van der Waals surface area contributed by atoms with Crippen LogP contribution in [0.3, 0.4) is 0 Å². The van der Waals surface area contributed by atoms with E-state index in [0.29, 0.717) is 10.6 Å². The second-order valence-corrected chi connectivity index (χ2v) is 9.35. The molecule has 1 N–H and O–H groups in total. The van der Waals surface area contributed by atoms with Gasteiger partial charge in [0.2, 0.25) is 0 Å². The van der Waals surface area contributed by atoms with Gasteiger partial charge < -0.3 is 4.57 Å². The predicted molar refractivity (Wildman–Crippen MR) is 95.6 cm³/mol. The maximum atomic E-state index is 14.1. The van der Waals surface area contributed by atoms with Crippen LogP contribution in [-0.2, 0) is 14.7 Å². The summed E-state index contributed by atoms with van der Waals surface area (Å²) in [5.41, 5.74) is 0. The number of rotatable bonds is 4. The second-order valence-electron chi connectivity index (χ2n) is 5.22. The maximum absolute atomic E-state index is 14.1. The van der Waals surface area contributed by atoms with Gasteiger partial charge in [-0.25, -0.2) is 0 Å². The summed E-state index contributed by atoms with van der Waals surface area (Å²) in [5.74, 6) is 0. The Labute approximate surface area is 140 Å². The molecular weight excluding hydrogens is 343 g/mol. The number of hydrogen-bond donors (Lipinski definition) is 1. The van der Waals surface area contributed by atoms with Crippen LogP contribution in [0.1, 0.15) is 0 Å². The predicted octanol–water partition coefficient (Wildman–Crippen LogP) is 2.57. The van der Waals surface area contributed by atoms with Gasteiger partial charge >= 0.3 is 0 Å². The molecule has 6 heteroatoms. The normalized spacial score (nSPS) is 12.0. The average molecular weight is 358 g/mol. The molecular formula is C18H15O4PS. The van der Waals surface area contributed by atoms with Gasteiger partial charge in [-0.3, -0.25) is 4.55 Å². The van der Waals surface area contributed by atoms with E-state index >= 15 is 0 Å². The third kappa shape index (κ3) is 2.94. The fourth-order valence-electron chi connectivity index (χ4n) is 2.64. The van der Waals surface area contributed by atoms with E-state index in [-0.39, 0.29) is 10.2 Å². The van der Waals surface area contributed by atoms with Crippen LogP contribution in [0.4, 0.5) is 0 Å². The first kappa shape index (κ1) is 16.7. The van der Waals surface area contributed by atoms with Gasteiger partial charge in [-0.05, 0) is 12.1 Å². The van der Waals surface area contributed by atoms with E-state index in [0.717, 1.165) is 0 Å². The highest BCUT2D eigenvalue weighted by Gasteiger charge is 2.34. The van der Waals surface area contributed by atoms with Gasteiger partial charge in [-0.2, -0.15) is 8.42 Å². The minimum atomic E-state index is -4.50. The Kier molecular flexibility index (Phi) is 4.41. The molecule has 122 valence electrons. The summed E-state index contributed by atoms with van der Waals surface area (Å²) < 4.78 is 47.3. The summed E-state index contributed by atoms with van der Waals surface area (Å²) in [4.78, 5) is -0.332. The fourth-order valence-corrected chi connectivity index (χ4v) is 6.67. The van der Waals surface area contributed by atoms with Crippen molar-refractivity contribution in [3.8, 4) is 0 Å². The van der Waals surface area contributed by atoms with Gasteiger partial charge in [0.1, 0.15) is 4.90 Å². The Hall–Kier alpha value is -2.20. The van der Waals surface area contributed by atoms with Crippen LogP contribution in [0.15, 0.2) is 89.8 Å². The molecule has 0 amide bonds. The Balaban J connectivity index is 2.40. The van der Waals surface area contributed by atoms with Crippen molar-refractivity contribution in [2.24, 2.45) is 0 Å². The van der Waals surface area contributed by atoms with Crippen LogP contribution >= 0.6 is 7.14 Å². The first-order chi connectivity index (χ1) is 11.4. The van der Waals surface area contributed by atoms with E-state index in [1.807, 2.05) is 0 Å². The molecule has 4 nitrogen and oxygen atoms in total. The highest BCUT2D eigenvalue weighted by atomic mass is 32.2. The minimum Gasteiger partial charge on any atom is -0.309 e. The van der Waals surface area contributed by atoms with Crippen molar-refractivity contribution in [1.29, 1.82) is 0 Å². The van der Waals surface area contributed by atoms with E-state index in [1.54, 1.807) is 66.7 Å². The highest BCUT2D eigenvalue weighted by molar-refractivity contribution is 7.89. The molecule has 24 heavy (non-hydrogen) atoms. The van der Waals surface area contributed by atoms with Gasteiger partial charge in [0.15, 0.2) is 7.14 Å². The lowest BCUT2D eigenvalue weighted by atomic mass is 10.3. The van der Waals surface area contributed by atoms with Gasteiger partial charge in [0.05, 0.1) is 0 Å². The van der Waals surface area contributed by atoms with E-state index in [4.69, 9.17) is 0 Å². The Morgan fingerprint density at radius 2 is 1.08 bits per heavy atom. The highest BCUT2D eigenvalue weighted by Crippen LogP contribution is 2.43. The monoisotopic (exact) mass is 358 g/mol. The summed E-state index contributed by atoms with van der Waals surface area (Å²) in [6.45, 7) is 0. The summed E-state index contributed by atoms with van der Waals surface area (Å²) in [6.07, 6.45) is 0. The number of benzene rings is 3. The molecule has 0 radical (unpaired) electrons. The average Bonchev–Trinajstić information content (AvgIpc) is 2.62. The van der Waals surface area contributed by atoms with Crippen molar-refractivity contribution in [2.45, 2.75) is 4.90 Å². The first-order valence-corrected chi connectivity index (χ1v) is 10.4. The number of hydrogen-bond acceptors (Lipinski definition) is 3. The third-order valence-electron chi connectivity index (χ3n) is 3.72. The lowest BCUT2D eigenvalue weighted by Crippen LogP contribution is -2.28. The molecule has 3 rings (SSSR count). The molecule has 0 spiro atoms. The molecule has 3 aromatic carbocycles. The van der Waals surface area contributed by atoms with Crippen LogP contribution in [0.2, 0.25) is 0 Å². The third-order valence-corrected chi connectivity index (χ3v) is 7.90. The zero-order valence-corrected chi connectivity index (χ0v) is 14.3. The summed E-state index contributed by atoms with van der Waals surface area (Å²) >= 11 is 0. The van der Waals surface area contributed by atoms with Crippen LogP contribution in [0, 0.1) is 0 Å². The molecule has 0 aliphatic rings. The van der Waals surface area contributed by atoms with Crippen LogP contribution in [-0.4, -0.2) is 13.0 Å². The summed E-state index contributed by atoms with van der Waals surface area (Å²) in [7, 11) is -7.95. The smallest absolute Gasteiger partial charge is 0.295 e. The molecule has 0 unspecified atom stereocenters. The molecule has 0 aliphatic heterocycles. The molecule has 0 heterocycles. The zero-order valence-electron chi connectivity index (χ0n) is 12.6. The molecule has 0 saturated carbocycles. The van der Waals surface area contributed by atoms with Crippen molar-refractivity contribution < 1.29 is 17.5 Å². The van der Waals surface area contributed by atoms with Crippen molar-refractivity contribution in [3.63, 3.8) is 0 Å². The molecule has 0 bridgehead atoms. The zero-order chi connectivity index (χ0) is 17.2. The second kappa shape index (κ2) is 6.36. The maximum Gasteiger partial charge on any atom is 0.295 e. The largest absolute Gasteiger partial charge is 0.309 e. The Morgan fingerprint density at radius 1 is 0.667 bits per heavy atom. The van der Waals surface area contributed by atoms with Crippen LogP contribution < -0.4 is 15.9 Å². The van der Waals surface area contributed by atoms with Gasteiger partial charge in [0, 0.05) is 15.9 Å². The molecule has 0 aromatic heterocycles. The van der Waals surface area contributed by atoms with E-state index < -0.39 is 17.3 Å². The molecule has 0 aliphatic carbocycles. The Morgan fingerprint density at radius 3 is 1.54 bits per heavy atom. The molecule has 0 atom stereocenters. The van der Waals surface area contributed by atoms with Crippen LogP contribution in [0.25, 0.3) is 0 Å². The van der Waals surface area contributed by atoms with E-state index in [9.17, 15) is 17.5 Å². The lowest BCUT2D eigenvalue weighted by Gasteiger charge is -2.21.